The van der Waals surface area contributed by atoms with Gasteiger partial charge < -0.3 is 16.0 Å². The molecular formula is C14H19N3O2. The van der Waals surface area contributed by atoms with Crippen molar-refractivity contribution in [3.63, 3.8) is 0 Å². The van der Waals surface area contributed by atoms with Gasteiger partial charge in [0.25, 0.3) is 0 Å². The molecule has 2 rings (SSSR count). The van der Waals surface area contributed by atoms with E-state index in [1.807, 2.05) is 32.2 Å². The van der Waals surface area contributed by atoms with Crippen LogP contribution in [0, 0.1) is 5.92 Å². The molecule has 0 aliphatic carbocycles. The van der Waals surface area contributed by atoms with Crippen LogP contribution in [0.5, 0.6) is 0 Å². The largest absolute Gasteiger partial charge is 0.326 e. The first kappa shape index (κ1) is 13.5. The van der Waals surface area contributed by atoms with E-state index in [0.29, 0.717) is 13.0 Å². The van der Waals surface area contributed by atoms with Crippen molar-refractivity contribution >= 4 is 23.2 Å². The number of aryl methyl sites for hydroxylation is 1. The van der Waals surface area contributed by atoms with Crippen molar-refractivity contribution < 1.29 is 9.59 Å². The van der Waals surface area contributed by atoms with Gasteiger partial charge in [0.1, 0.15) is 0 Å². The molecule has 0 aromatic heterocycles. The first-order chi connectivity index (χ1) is 9.10. The number of benzene rings is 1. The Morgan fingerprint density at radius 2 is 2.21 bits per heavy atom. The minimum absolute atomic E-state index is 0.00542. The zero-order valence-electron chi connectivity index (χ0n) is 11.2. The maximum Gasteiger partial charge on any atom is 0.228 e. The predicted molar refractivity (Wildman–Crippen MR) is 75.1 cm³/mol. The summed E-state index contributed by atoms with van der Waals surface area (Å²) in [7, 11) is 1.82. The number of anilines is 2. The SMILES string of the molecule is CNCC(C)C(=O)Nc1ccc2c(c1)CCC(=O)N2. The van der Waals surface area contributed by atoms with Crippen molar-refractivity contribution in [1.82, 2.24) is 5.32 Å². The normalized spacial score (nSPS) is 15.4. The van der Waals surface area contributed by atoms with Crippen molar-refractivity contribution in [2.45, 2.75) is 19.8 Å². The van der Waals surface area contributed by atoms with Gasteiger partial charge in [-0.2, -0.15) is 0 Å². The third-order valence-electron chi connectivity index (χ3n) is 3.23. The zero-order valence-corrected chi connectivity index (χ0v) is 11.2. The molecule has 0 fully saturated rings. The average Bonchev–Trinajstić information content (AvgIpc) is 2.39. The standard InChI is InChI=1S/C14H19N3O2/c1-9(8-15-2)14(19)16-11-4-5-12-10(7-11)3-6-13(18)17-12/h4-5,7,9,15H,3,6,8H2,1-2H3,(H,16,19)(H,17,18). The lowest BCUT2D eigenvalue weighted by Gasteiger charge is -2.18. The van der Waals surface area contributed by atoms with Crippen LogP contribution in [-0.2, 0) is 16.0 Å². The molecular weight excluding hydrogens is 242 g/mol. The number of fused-ring (bicyclic) bond motifs is 1. The summed E-state index contributed by atoms with van der Waals surface area (Å²) >= 11 is 0. The van der Waals surface area contributed by atoms with Gasteiger partial charge in [-0.3, -0.25) is 9.59 Å². The Balaban J connectivity index is 2.06. The lowest BCUT2D eigenvalue weighted by molar-refractivity contribution is -0.119. The summed E-state index contributed by atoms with van der Waals surface area (Å²) in [6.45, 7) is 2.53. The van der Waals surface area contributed by atoms with E-state index in [9.17, 15) is 9.59 Å². The Morgan fingerprint density at radius 3 is 2.95 bits per heavy atom. The summed E-state index contributed by atoms with van der Waals surface area (Å²) < 4.78 is 0. The third kappa shape index (κ3) is 3.32. The van der Waals surface area contributed by atoms with Gasteiger partial charge in [0.15, 0.2) is 0 Å². The fraction of sp³-hybridized carbons (Fsp3) is 0.429. The third-order valence-corrected chi connectivity index (χ3v) is 3.23. The minimum Gasteiger partial charge on any atom is -0.326 e. The van der Waals surface area contributed by atoms with Gasteiger partial charge in [0, 0.05) is 30.3 Å². The highest BCUT2D eigenvalue weighted by molar-refractivity contribution is 5.96. The number of hydrogen-bond acceptors (Lipinski definition) is 3. The smallest absolute Gasteiger partial charge is 0.228 e. The fourth-order valence-corrected chi connectivity index (χ4v) is 2.13. The Kier molecular flexibility index (Phi) is 4.16. The van der Waals surface area contributed by atoms with Crippen molar-refractivity contribution in [2.24, 2.45) is 5.92 Å². The van der Waals surface area contributed by atoms with Crippen molar-refractivity contribution in [1.29, 1.82) is 0 Å². The number of carbonyl (C=O) groups excluding carboxylic acids is 2. The second kappa shape index (κ2) is 5.84. The molecule has 1 aromatic rings. The molecule has 1 heterocycles. The van der Waals surface area contributed by atoms with Crippen LogP contribution in [0.25, 0.3) is 0 Å². The monoisotopic (exact) mass is 261 g/mol. The van der Waals surface area contributed by atoms with E-state index in [4.69, 9.17) is 0 Å². The highest BCUT2D eigenvalue weighted by Crippen LogP contribution is 2.25. The van der Waals surface area contributed by atoms with E-state index >= 15 is 0 Å². The summed E-state index contributed by atoms with van der Waals surface area (Å²) in [5, 5.41) is 8.70. The van der Waals surface area contributed by atoms with E-state index in [1.54, 1.807) is 0 Å². The van der Waals surface area contributed by atoms with Gasteiger partial charge in [-0.05, 0) is 37.2 Å². The molecule has 1 atom stereocenters. The average molecular weight is 261 g/mol. The molecule has 5 heteroatoms. The van der Waals surface area contributed by atoms with Crippen LogP contribution in [0.1, 0.15) is 18.9 Å². The molecule has 2 amide bonds. The maximum absolute atomic E-state index is 11.9. The van der Waals surface area contributed by atoms with Crippen LogP contribution >= 0.6 is 0 Å². The first-order valence-electron chi connectivity index (χ1n) is 6.48. The van der Waals surface area contributed by atoms with Gasteiger partial charge in [0.2, 0.25) is 11.8 Å². The molecule has 1 unspecified atom stereocenters. The van der Waals surface area contributed by atoms with Crippen LogP contribution < -0.4 is 16.0 Å². The number of rotatable bonds is 4. The van der Waals surface area contributed by atoms with E-state index in [1.165, 1.54) is 0 Å². The molecule has 19 heavy (non-hydrogen) atoms. The maximum atomic E-state index is 11.9. The molecule has 0 spiro atoms. The van der Waals surface area contributed by atoms with Crippen LogP contribution in [0.4, 0.5) is 11.4 Å². The number of hydrogen-bond donors (Lipinski definition) is 3. The molecule has 3 N–H and O–H groups in total. The van der Waals surface area contributed by atoms with Crippen LogP contribution in [0.15, 0.2) is 18.2 Å². The van der Waals surface area contributed by atoms with Crippen molar-refractivity contribution in [3.05, 3.63) is 23.8 Å². The quantitative estimate of drug-likeness (QED) is 0.766. The van der Waals surface area contributed by atoms with Gasteiger partial charge in [0.05, 0.1) is 0 Å². The summed E-state index contributed by atoms with van der Waals surface area (Å²) in [5.41, 5.74) is 2.69. The Morgan fingerprint density at radius 1 is 1.42 bits per heavy atom. The molecule has 1 aromatic carbocycles. The second-order valence-electron chi connectivity index (χ2n) is 4.87. The summed E-state index contributed by atoms with van der Waals surface area (Å²) in [6, 6.07) is 5.58. The van der Waals surface area contributed by atoms with Crippen LogP contribution in [0.2, 0.25) is 0 Å². The molecule has 0 radical (unpaired) electrons. The highest BCUT2D eigenvalue weighted by atomic mass is 16.2. The molecule has 0 saturated carbocycles. The predicted octanol–water partition coefficient (Wildman–Crippen LogP) is 1.37. The first-order valence-corrected chi connectivity index (χ1v) is 6.48. The minimum atomic E-state index is -0.0827. The number of amides is 2. The fourth-order valence-electron chi connectivity index (χ4n) is 2.13. The Bertz CT molecular complexity index is 499. The summed E-state index contributed by atoms with van der Waals surface area (Å²) in [6.07, 6.45) is 1.22. The van der Waals surface area contributed by atoms with Crippen molar-refractivity contribution in [2.75, 3.05) is 24.2 Å². The van der Waals surface area contributed by atoms with E-state index in [-0.39, 0.29) is 17.7 Å². The summed E-state index contributed by atoms with van der Waals surface area (Å²) in [5.74, 6) is -0.0400. The second-order valence-corrected chi connectivity index (χ2v) is 4.87. The molecule has 102 valence electrons. The zero-order chi connectivity index (χ0) is 13.8. The van der Waals surface area contributed by atoms with E-state index in [2.05, 4.69) is 16.0 Å². The van der Waals surface area contributed by atoms with E-state index in [0.717, 1.165) is 23.4 Å². The van der Waals surface area contributed by atoms with Gasteiger partial charge >= 0.3 is 0 Å². The Hall–Kier alpha value is -1.88. The van der Waals surface area contributed by atoms with Gasteiger partial charge in [-0.15, -0.1) is 0 Å². The van der Waals surface area contributed by atoms with Crippen LogP contribution in [-0.4, -0.2) is 25.4 Å². The lowest BCUT2D eigenvalue weighted by atomic mass is 10.0. The number of carbonyl (C=O) groups is 2. The van der Waals surface area contributed by atoms with Crippen LogP contribution in [0.3, 0.4) is 0 Å². The molecule has 5 nitrogen and oxygen atoms in total. The topological polar surface area (TPSA) is 70.2 Å². The van der Waals surface area contributed by atoms with Crippen molar-refractivity contribution in [3.8, 4) is 0 Å². The number of nitrogens with one attached hydrogen (secondary N) is 3. The highest BCUT2D eigenvalue weighted by Gasteiger charge is 2.16. The van der Waals surface area contributed by atoms with Gasteiger partial charge in [-0.25, -0.2) is 0 Å². The molecule has 1 aliphatic heterocycles. The summed E-state index contributed by atoms with van der Waals surface area (Å²) in [4.78, 5) is 23.2. The van der Waals surface area contributed by atoms with E-state index < -0.39 is 0 Å². The lowest BCUT2D eigenvalue weighted by Crippen LogP contribution is -2.28. The Labute approximate surface area is 112 Å². The molecule has 0 bridgehead atoms. The van der Waals surface area contributed by atoms with Gasteiger partial charge in [-0.1, -0.05) is 6.92 Å². The molecule has 0 saturated heterocycles. The molecule has 1 aliphatic rings.